The Morgan fingerprint density at radius 1 is 0.344 bits per heavy atom. The number of amides is 11. The molecule has 0 aromatic heterocycles. The van der Waals surface area contributed by atoms with Gasteiger partial charge in [-0.2, -0.15) is 0 Å². The molecule has 0 rings (SSSR count). The number of carbonyl (C=O) groups is 15. The van der Waals surface area contributed by atoms with Crippen molar-refractivity contribution in [1.82, 2.24) is 58.5 Å². The zero-order valence-electron chi connectivity index (χ0n) is 55.2. The third kappa shape index (κ3) is 32.9. The summed E-state index contributed by atoms with van der Waals surface area (Å²) < 4.78 is 0. The number of nitrogens with two attached hydrogens (primary N) is 4. The Kier molecular flexibility index (Phi) is 38.4. The van der Waals surface area contributed by atoms with Crippen molar-refractivity contribution in [1.29, 1.82) is 0 Å². The fourth-order valence-electron chi connectivity index (χ4n) is 9.08. The van der Waals surface area contributed by atoms with E-state index in [1.54, 1.807) is 69.2 Å². The highest BCUT2D eigenvalue weighted by Gasteiger charge is 2.39. The third-order valence-corrected chi connectivity index (χ3v) is 14.0. The number of hydrogen-bond acceptors (Lipinski definition) is 18. The molecule has 0 aromatic rings. The molecule has 0 aromatic carbocycles. The van der Waals surface area contributed by atoms with Crippen LogP contribution in [0.3, 0.4) is 0 Å². The summed E-state index contributed by atoms with van der Waals surface area (Å²) in [7, 11) is 0. The molecular weight excluding hydrogens is 1220 g/mol. The number of carboxylic acid groups (broad SMARTS) is 4. The average Bonchev–Trinajstić information content (AvgIpc) is 0.925. The van der Waals surface area contributed by atoms with Gasteiger partial charge in [0.25, 0.3) is 0 Å². The third-order valence-electron chi connectivity index (χ3n) is 14.0. The van der Waals surface area contributed by atoms with Crippen LogP contribution in [0.1, 0.15) is 147 Å². The Morgan fingerprint density at radius 3 is 0.978 bits per heavy atom. The number of guanidine groups is 1. The Bertz CT molecular complexity index is 2610. The van der Waals surface area contributed by atoms with Gasteiger partial charge in [-0.25, -0.2) is 4.79 Å². The highest BCUT2D eigenvalue weighted by Crippen LogP contribution is 2.15. The second-order valence-corrected chi connectivity index (χ2v) is 24.7. The molecule has 23 N–H and O–H groups in total. The lowest BCUT2D eigenvalue weighted by molar-refractivity contribution is -0.147. The standard InChI is InChI=1S/C58H102N16O19/c1-26(2)20-34(69-54(89)43(28(5)6)71-51(86)35(21-27(3)4)67-50(85)36(22-40(76)77)64-39(75)25-60)49(84)65-33(17-15-19-63-58(61)62)47(82)68-37(23-41(78)79)52(87)72-45(30(9)10)55(90)74-46(31(11)12)56(91)73-44(29(7)8)53(88)66-32(16-13-14-18-59)48(83)70-38(57(92)93)24-42(80)81/h26-38,43-46H,13-25,59-60H2,1-12H3,(H,64,75)(H,65,84)(H,66,88)(H,67,85)(H,68,82)(H,69,89)(H,70,83)(H,71,86)(H,72,87)(H,73,91)(H,74,90)(H,76,77)(H,78,79)(H,80,81)(H,92,93)(H4,61,62,63)/t32-,33-,34-,35-,36-,37-,38-,43-,44-,45-,46-/m0/s1. The second kappa shape index (κ2) is 42.4. The smallest absolute Gasteiger partial charge is 0.326 e. The van der Waals surface area contributed by atoms with E-state index in [0.717, 1.165) is 0 Å². The maximum Gasteiger partial charge on any atom is 0.326 e. The molecule has 0 saturated carbocycles. The molecule has 11 amide bonds. The van der Waals surface area contributed by atoms with Crippen LogP contribution in [-0.4, -0.2) is 201 Å². The van der Waals surface area contributed by atoms with E-state index >= 15 is 0 Å². The molecule has 35 heteroatoms. The van der Waals surface area contributed by atoms with E-state index < -0.39 is 205 Å². The summed E-state index contributed by atoms with van der Waals surface area (Å²) in [5, 5.41) is 65.1. The second-order valence-electron chi connectivity index (χ2n) is 24.7. The van der Waals surface area contributed by atoms with Gasteiger partial charge in [0, 0.05) is 6.54 Å². The quantitative estimate of drug-likeness (QED) is 0.0156. The van der Waals surface area contributed by atoms with E-state index in [1.807, 2.05) is 0 Å². The SMILES string of the molecule is CC(C)C[C@H](NC(=O)[C@H](CC(=O)O)NC(=O)CN)C(=O)N[C@H](C(=O)N[C@@H](CC(C)C)C(=O)N[C@@H](CCCN=C(N)N)C(=O)N[C@@H](CC(=O)O)C(=O)N[C@H](C(=O)N[C@H](C(=O)N[C@H](C(=O)N[C@@H](CCCCN)C(=O)N[C@@H](CC(=O)O)C(=O)O)C(C)C)C(C)C)C(C)C)C(C)C. The highest BCUT2D eigenvalue weighted by molar-refractivity contribution is 6.00. The minimum absolute atomic E-state index is 0.0000952. The van der Waals surface area contributed by atoms with Crippen LogP contribution in [0.2, 0.25) is 0 Å². The summed E-state index contributed by atoms with van der Waals surface area (Å²) in [5.41, 5.74) is 22.0. The van der Waals surface area contributed by atoms with Gasteiger partial charge in [0.05, 0.1) is 25.8 Å². The predicted molar refractivity (Wildman–Crippen MR) is 336 cm³/mol. The van der Waals surface area contributed by atoms with Crippen molar-refractivity contribution >= 4 is 94.8 Å². The Morgan fingerprint density at radius 2 is 0.624 bits per heavy atom. The summed E-state index contributed by atoms with van der Waals surface area (Å²) in [6, 6.07) is -16.9. The van der Waals surface area contributed by atoms with Crippen LogP contribution in [0.25, 0.3) is 0 Å². The molecule has 0 spiro atoms. The largest absolute Gasteiger partial charge is 0.481 e. The van der Waals surface area contributed by atoms with E-state index in [0.29, 0.717) is 6.42 Å². The van der Waals surface area contributed by atoms with Crippen molar-refractivity contribution in [3.05, 3.63) is 0 Å². The van der Waals surface area contributed by atoms with Gasteiger partial charge in [-0.3, -0.25) is 72.1 Å². The van der Waals surface area contributed by atoms with Crippen molar-refractivity contribution < 1.29 is 92.3 Å². The van der Waals surface area contributed by atoms with E-state index in [1.165, 1.54) is 13.8 Å². The number of aliphatic carboxylic acids is 4. The maximum absolute atomic E-state index is 14.4. The monoisotopic (exact) mass is 1330 g/mol. The summed E-state index contributed by atoms with van der Waals surface area (Å²) in [6.45, 7) is 18.8. The van der Waals surface area contributed by atoms with Crippen LogP contribution in [0.4, 0.5) is 0 Å². The zero-order valence-corrected chi connectivity index (χ0v) is 55.2. The molecule has 0 saturated heterocycles. The molecule has 11 atom stereocenters. The molecule has 0 aliphatic carbocycles. The summed E-state index contributed by atoms with van der Waals surface area (Å²) in [5.74, 6) is -20.6. The van der Waals surface area contributed by atoms with Crippen molar-refractivity contribution in [2.75, 3.05) is 19.6 Å². The molecule has 93 heavy (non-hydrogen) atoms. The fourth-order valence-corrected chi connectivity index (χ4v) is 9.08. The van der Waals surface area contributed by atoms with Crippen molar-refractivity contribution in [2.45, 2.75) is 214 Å². The molecular formula is C58H102N16O19. The molecule has 0 aliphatic heterocycles. The zero-order chi connectivity index (χ0) is 71.7. The number of hydrogen-bond donors (Lipinski definition) is 19. The minimum Gasteiger partial charge on any atom is -0.481 e. The number of rotatable bonds is 45. The fraction of sp³-hybridized carbons (Fsp3) is 0.724. The van der Waals surface area contributed by atoms with Gasteiger partial charge in [-0.15, -0.1) is 0 Å². The van der Waals surface area contributed by atoms with Crippen LogP contribution in [0.5, 0.6) is 0 Å². The van der Waals surface area contributed by atoms with Crippen molar-refractivity contribution in [3.8, 4) is 0 Å². The first-order valence-electron chi connectivity index (χ1n) is 30.8. The Hall–Kier alpha value is -8.76. The first-order chi connectivity index (χ1) is 43.2. The van der Waals surface area contributed by atoms with E-state index in [-0.39, 0.29) is 69.4 Å². The molecule has 0 heterocycles. The number of carboxylic acids is 4. The summed E-state index contributed by atoms with van der Waals surface area (Å²) >= 11 is 0. The van der Waals surface area contributed by atoms with Crippen LogP contribution >= 0.6 is 0 Å². The van der Waals surface area contributed by atoms with Gasteiger partial charge in [-0.1, -0.05) is 83.1 Å². The van der Waals surface area contributed by atoms with Crippen molar-refractivity contribution in [3.63, 3.8) is 0 Å². The lowest BCUT2D eigenvalue weighted by Crippen LogP contribution is -2.62. The lowest BCUT2D eigenvalue weighted by atomic mass is 9.97. The molecule has 0 radical (unpaired) electrons. The topological polar surface area (TPSA) is 586 Å². The predicted octanol–water partition coefficient (Wildman–Crippen LogP) is -4.31. The van der Waals surface area contributed by atoms with Crippen LogP contribution < -0.4 is 81.4 Å². The highest BCUT2D eigenvalue weighted by atomic mass is 16.4. The molecule has 0 bridgehead atoms. The Labute approximate surface area is 540 Å². The maximum atomic E-state index is 14.4. The lowest BCUT2D eigenvalue weighted by Gasteiger charge is -2.31. The molecule has 0 fully saturated rings. The van der Waals surface area contributed by atoms with Crippen molar-refractivity contribution in [2.24, 2.45) is 63.4 Å². The van der Waals surface area contributed by atoms with E-state index in [2.05, 4.69) is 63.5 Å². The van der Waals surface area contributed by atoms with Gasteiger partial charge in [0.15, 0.2) is 5.96 Å². The van der Waals surface area contributed by atoms with Gasteiger partial charge < -0.3 is 102 Å². The minimum atomic E-state index is -1.94. The number of unbranched alkanes of at least 4 members (excludes halogenated alkanes) is 1. The average molecular weight is 1330 g/mol. The van der Waals surface area contributed by atoms with Crippen LogP contribution in [-0.2, 0) is 71.9 Å². The molecule has 0 aliphatic rings. The molecule has 35 nitrogen and oxygen atoms in total. The normalized spacial score (nSPS) is 14.8. The van der Waals surface area contributed by atoms with Crippen LogP contribution in [0, 0.1) is 35.5 Å². The van der Waals surface area contributed by atoms with Crippen LogP contribution in [0.15, 0.2) is 4.99 Å². The molecule has 0 unspecified atom stereocenters. The van der Waals surface area contributed by atoms with Gasteiger partial charge in [-0.05, 0) is 87.0 Å². The van der Waals surface area contributed by atoms with E-state index in [4.69, 9.17) is 22.9 Å². The number of nitrogens with one attached hydrogen (secondary N) is 11. The first kappa shape index (κ1) is 84.2. The Balaban J connectivity index is 6.97. The van der Waals surface area contributed by atoms with E-state index in [9.17, 15) is 92.3 Å². The molecule has 528 valence electrons. The van der Waals surface area contributed by atoms with Gasteiger partial charge >= 0.3 is 23.9 Å². The van der Waals surface area contributed by atoms with Gasteiger partial charge in [0.2, 0.25) is 65.0 Å². The number of aliphatic imine (C=N–C) groups is 1. The summed E-state index contributed by atoms with van der Waals surface area (Å²) in [6.07, 6.45) is -2.62. The number of carbonyl (C=O) groups excluding carboxylic acids is 11. The summed E-state index contributed by atoms with van der Waals surface area (Å²) in [4.78, 5) is 203. The van der Waals surface area contributed by atoms with Gasteiger partial charge in [0.1, 0.15) is 66.5 Å². The first-order valence-corrected chi connectivity index (χ1v) is 30.8. The number of nitrogens with zero attached hydrogens (tertiary/aromatic N) is 1.